The van der Waals surface area contributed by atoms with E-state index in [1.807, 2.05) is 4.90 Å². The molecule has 0 aromatic heterocycles. The van der Waals surface area contributed by atoms with Crippen LogP contribution in [0.25, 0.3) is 0 Å². The van der Waals surface area contributed by atoms with Gasteiger partial charge in [-0.3, -0.25) is 9.59 Å². The maximum absolute atomic E-state index is 13.9. The first-order chi connectivity index (χ1) is 12.1. The molecular weight excluding hydrogens is 319 g/mol. The van der Waals surface area contributed by atoms with Gasteiger partial charge in [0.15, 0.2) is 0 Å². The Hall–Kier alpha value is -2.17. The molecule has 1 aliphatic heterocycles. The number of likely N-dealkylation sites (tertiary alicyclic amines) is 1. The lowest BCUT2D eigenvalue weighted by molar-refractivity contribution is -0.141. The number of rotatable bonds is 6. The third kappa shape index (κ3) is 4.27. The molecule has 1 saturated heterocycles. The Kier molecular flexibility index (Phi) is 5.51. The van der Waals surface area contributed by atoms with Crippen molar-refractivity contribution < 1.29 is 14.0 Å². The van der Waals surface area contributed by atoms with Crippen molar-refractivity contribution in [3.05, 3.63) is 48.3 Å². The summed E-state index contributed by atoms with van der Waals surface area (Å²) in [6.45, 7) is 5.65. The van der Waals surface area contributed by atoms with Gasteiger partial charge in [0, 0.05) is 43.6 Å². The van der Waals surface area contributed by atoms with Crippen LogP contribution in [0, 0.1) is 17.7 Å². The molecule has 3 rings (SSSR count). The van der Waals surface area contributed by atoms with Gasteiger partial charge in [0.2, 0.25) is 11.8 Å². The van der Waals surface area contributed by atoms with Crippen molar-refractivity contribution >= 4 is 11.8 Å². The van der Waals surface area contributed by atoms with E-state index in [4.69, 9.17) is 0 Å². The number of carbonyl (C=O) groups is 2. The molecule has 0 N–H and O–H groups in total. The molecule has 2 amide bonds. The molecule has 0 spiro atoms. The van der Waals surface area contributed by atoms with Crippen LogP contribution >= 0.6 is 0 Å². The first-order valence-electron chi connectivity index (χ1n) is 9.02. The molecular formula is C20H25FN2O2. The van der Waals surface area contributed by atoms with Gasteiger partial charge < -0.3 is 9.80 Å². The predicted octanol–water partition coefficient (Wildman–Crippen LogP) is 2.99. The van der Waals surface area contributed by atoms with E-state index in [0.717, 1.165) is 12.8 Å². The summed E-state index contributed by atoms with van der Waals surface area (Å²) in [4.78, 5) is 28.6. The molecule has 2 fully saturated rings. The number of hydrogen-bond acceptors (Lipinski definition) is 2. The van der Waals surface area contributed by atoms with Crippen molar-refractivity contribution in [3.8, 4) is 0 Å². The average Bonchev–Trinajstić information content (AvgIpc) is 3.47. The first-order valence-corrected chi connectivity index (χ1v) is 9.02. The van der Waals surface area contributed by atoms with Crippen LogP contribution in [0.2, 0.25) is 0 Å². The number of benzene rings is 1. The molecule has 2 aliphatic rings. The van der Waals surface area contributed by atoms with Crippen molar-refractivity contribution in [1.29, 1.82) is 0 Å². The monoisotopic (exact) mass is 344 g/mol. The molecule has 0 radical (unpaired) electrons. The second kappa shape index (κ2) is 7.81. The highest BCUT2D eigenvalue weighted by molar-refractivity contribution is 5.82. The molecule has 1 heterocycles. The molecule has 0 atom stereocenters. The summed E-state index contributed by atoms with van der Waals surface area (Å²) in [5.41, 5.74) is 0.513. The predicted molar refractivity (Wildman–Crippen MR) is 94.0 cm³/mol. The summed E-state index contributed by atoms with van der Waals surface area (Å²) < 4.78 is 13.9. The summed E-state index contributed by atoms with van der Waals surface area (Å²) in [6.07, 6.45) is 5.05. The highest BCUT2D eigenvalue weighted by Crippen LogP contribution is 2.32. The van der Waals surface area contributed by atoms with E-state index < -0.39 is 0 Å². The molecule has 1 saturated carbocycles. The number of nitrogens with zero attached hydrogens (tertiary/aromatic N) is 2. The topological polar surface area (TPSA) is 40.6 Å². The Bertz CT molecular complexity index is 649. The quantitative estimate of drug-likeness (QED) is 0.745. The molecule has 1 aliphatic carbocycles. The molecule has 1 aromatic carbocycles. The maximum Gasteiger partial charge on any atom is 0.226 e. The van der Waals surface area contributed by atoms with E-state index in [1.165, 1.54) is 6.07 Å². The Morgan fingerprint density at radius 2 is 1.84 bits per heavy atom. The van der Waals surface area contributed by atoms with Gasteiger partial charge in [-0.05, 0) is 31.7 Å². The lowest BCUT2D eigenvalue weighted by Crippen LogP contribution is -2.44. The van der Waals surface area contributed by atoms with E-state index in [-0.39, 0.29) is 36.0 Å². The summed E-state index contributed by atoms with van der Waals surface area (Å²) in [6, 6.07) is 6.53. The van der Waals surface area contributed by atoms with E-state index in [0.29, 0.717) is 38.0 Å². The van der Waals surface area contributed by atoms with Crippen molar-refractivity contribution in [2.24, 2.45) is 11.8 Å². The second-order valence-corrected chi connectivity index (χ2v) is 6.97. The van der Waals surface area contributed by atoms with E-state index in [1.54, 1.807) is 29.2 Å². The van der Waals surface area contributed by atoms with E-state index in [2.05, 4.69) is 6.58 Å². The third-order valence-corrected chi connectivity index (χ3v) is 5.06. The molecule has 25 heavy (non-hydrogen) atoms. The Balaban J connectivity index is 1.60. The van der Waals surface area contributed by atoms with Crippen molar-refractivity contribution in [2.45, 2.75) is 32.2 Å². The zero-order valence-electron chi connectivity index (χ0n) is 14.5. The van der Waals surface area contributed by atoms with Gasteiger partial charge in [-0.15, -0.1) is 6.58 Å². The number of halogens is 1. The van der Waals surface area contributed by atoms with Crippen LogP contribution < -0.4 is 0 Å². The Morgan fingerprint density at radius 1 is 1.16 bits per heavy atom. The first kappa shape index (κ1) is 17.6. The van der Waals surface area contributed by atoms with Crippen LogP contribution in [0.5, 0.6) is 0 Å². The van der Waals surface area contributed by atoms with Crippen LogP contribution in [-0.4, -0.2) is 41.2 Å². The minimum absolute atomic E-state index is 0.0293. The molecule has 0 bridgehead atoms. The van der Waals surface area contributed by atoms with Gasteiger partial charge in [0.25, 0.3) is 0 Å². The Morgan fingerprint density at radius 3 is 2.44 bits per heavy atom. The second-order valence-electron chi connectivity index (χ2n) is 6.97. The molecule has 134 valence electrons. The van der Waals surface area contributed by atoms with Crippen LogP contribution in [0.15, 0.2) is 36.9 Å². The standard InChI is InChI=1S/C20H25FN2O2/c1-2-11-23(14-17-5-3-4-6-18(17)21)20(25)16-9-12-22(13-10-16)19(24)15-7-8-15/h2-6,15-16H,1,7-14H2. The molecule has 5 heteroatoms. The fraction of sp³-hybridized carbons (Fsp3) is 0.500. The largest absolute Gasteiger partial charge is 0.342 e. The molecule has 1 aromatic rings. The van der Waals surface area contributed by atoms with Crippen molar-refractivity contribution in [1.82, 2.24) is 9.80 Å². The van der Waals surface area contributed by atoms with Gasteiger partial charge in [-0.25, -0.2) is 4.39 Å². The van der Waals surface area contributed by atoms with Crippen LogP contribution in [0.4, 0.5) is 4.39 Å². The lowest BCUT2D eigenvalue weighted by Gasteiger charge is -2.34. The third-order valence-electron chi connectivity index (χ3n) is 5.06. The van der Waals surface area contributed by atoms with Gasteiger partial charge in [0.05, 0.1) is 0 Å². The van der Waals surface area contributed by atoms with Gasteiger partial charge >= 0.3 is 0 Å². The van der Waals surface area contributed by atoms with Crippen LogP contribution in [-0.2, 0) is 16.1 Å². The van der Waals surface area contributed by atoms with E-state index >= 15 is 0 Å². The number of carbonyl (C=O) groups excluding carboxylic acids is 2. The van der Waals surface area contributed by atoms with Crippen molar-refractivity contribution in [2.75, 3.05) is 19.6 Å². The molecule has 4 nitrogen and oxygen atoms in total. The average molecular weight is 344 g/mol. The number of amides is 2. The summed E-state index contributed by atoms with van der Waals surface area (Å²) in [5.74, 6) is 0.108. The minimum atomic E-state index is -0.297. The Labute approximate surface area is 148 Å². The normalized spacial score (nSPS) is 18.0. The highest BCUT2D eigenvalue weighted by atomic mass is 19.1. The van der Waals surface area contributed by atoms with Crippen molar-refractivity contribution in [3.63, 3.8) is 0 Å². The van der Waals surface area contributed by atoms with Gasteiger partial charge in [0.1, 0.15) is 5.82 Å². The zero-order chi connectivity index (χ0) is 17.8. The molecule has 0 unspecified atom stereocenters. The fourth-order valence-electron chi connectivity index (χ4n) is 3.41. The highest BCUT2D eigenvalue weighted by Gasteiger charge is 2.36. The van der Waals surface area contributed by atoms with Crippen LogP contribution in [0.1, 0.15) is 31.2 Å². The number of piperidine rings is 1. The van der Waals surface area contributed by atoms with Gasteiger partial charge in [-0.1, -0.05) is 24.3 Å². The van der Waals surface area contributed by atoms with Crippen LogP contribution in [0.3, 0.4) is 0 Å². The maximum atomic E-state index is 13.9. The summed E-state index contributed by atoms with van der Waals surface area (Å²) in [5, 5.41) is 0. The number of hydrogen-bond donors (Lipinski definition) is 0. The minimum Gasteiger partial charge on any atom is -0.342 e. The zero-order valence-corrected chi connectivity index (χ0v) is 14.5. The summed E-state index contributed by atoms with van der Waals surface area (Å²) in [7, 11) is 0. The summed E-state index contributed by atoms with van der Waals surface area (Å²) >= 11 is 0. The smallest absolute Gasteiger partial charge is 0.226 e. The lowest BCUT2D eigenvalue weighted by atomic mass is 9.94. The van der Waals surface area contributed by atoms with E-state index in [9.17, 15) is 14.0 Å². The van der Waals surface area contributed by atoms with Gasteiger partial charge in [-0.2, -0.15) is 0 Å². The SMILES string of the molecule is C=CCN(Cc1ccccc1F)C(=O)C1CCN(C(=O)C2CC2)CC1. The fourth-order valence-corrected chi connectivity index (χ4v) is 3.41.